The largest absolute Gasteiger partial charge is 0.573 e. The van der Waals surface area contributed by atoms with E-state index in [4.69, 9.17) is 6.11 Å². The summed E-state index contributed by atoms with van der Waals surface area (Å²) < 4.78 is 70.5. The number of amides is 2. The third-order valence-electron chi connectivity index (χ3n) is 5.08. The second-order valence-electron chi connectivity index (χ2n) is 7.86. The monoisotopic (exact) mass is 533 g/mol. The molecule has 0 spiro atoms. The van der Waals surface area contributed by atoms with Gasteiger partial charge in [-0.25, -0.2) is 18.9 Å². The number of hydrogen-bond acceptors (Lipinski definition) is 7. The minimum absolute atomic E-state index is 0.104. The van der Waals surface area contributed by atoms with Gasteiger partial charge in [0.05, 0.1) is 26.1 Å². The van der Waals surface area contributed by atoms with Gasteiger partial charge in [-0.2, -0.15) is 5.10 Å². The molecule has 38 heavy (non-hydrogen) atoms. The molecular weight excluding hydrogens is 512 g/mol. The summed E-state index contributed by atoms with van der Waals surface area (Å²) in [6.07, 6.45) is -3.53. The molecule has 0 fully saturated rings. The molecule has 0 aliphatic rings. The highest BCUT2D eigenvalue weighted by molar-refractivity contribution is 5.97. The topological polar surface area (TPSA) is 120 Å². The molecule has 3 aromatic heterocycles. The summed E-state index contributed by atoms with van der Waals surface area (Å²) in [5.74, 6) is -2.79. The zero-order valence-corrected chi connectivity index (χ0v) is 20.1. The van der Waals surface area contributed by atoms with E-state index < -0.39 is 35.9 Å². The summed E-state index contributed by atoms with van der Waals surface area (Å²) in [6.45, 7) is 1.19. The van der Waals surface area contributed by atoms with E-state index in [-0.39, 0.29) is 23.2 Å². The van der Waals surface area contributed by atoms with Crippen LogP contribution in [0.5, 0.6) is 11.6 Å². The Morgan fingerprint density at radius 1 is 1.16 bits per heavy atom. The Morgan fingerprint density at radius 2 is 1.92 bits per heavy atom. The van der Waals surface area contributed by atoms with Crippen molar-refractivity contribution in [2.24, 2.45) is 0 Å². The van der Waals surface area contributed by atoms with Crippen molar-refractivity contribution in [1.82, 2.24) is 24.9 Å². The number of pyridine rings is 1. The van der Waals surface area contributed by atoms with Crippen LogP contribution in [-0.2, 0) is 11.3 Å². The maximum absolute atomic E-state index is 14.3. The molecule has 0 bridgehead atoms. The standard InChI is InChI=1S/C24H20F4N6O4/c1-12-16(19-6-7-21-32-20(31-13(2)35)11-34(21)33-19)9-17(23(30-12)37-3)22(36)29-10-14-8-15(4-5-18(14)25)38-24(26,27)28/h4-9,11H,10H2,1-3H3,(H,29,36)(H,31,35)/i10D. The number of carbonyl (C=O) groups is 2. The van der Waals surface area contributed by atoms with Gasteiger partial charge in [0.25, 0.3) is 5.91 Å². The van der Waals surface area contributed by atoms with Crippen LogP contribution < -0.4 is 20.1 Å². The Hall–Kier alpha value is -4.75. The van der Waals surface area contributed by atoms with Crippen molar-refractivity contribution < 1.29 is 38.0 Å². The van der Waals surface area contributed by atoms with Gasteiger partial charge in [0.1, 0.15) is 17.1 Å². The van der Waals surface area contributed by atoms with Gasteiger partial charge in [-0.3, -0.25) is 9.59 Å². The molecule has 0 aliphatic heterocycles. The van der Waals surface area contributed by atoms with E-state index >= 15 is 0 Å². The second-order valence-corrected chi connectivity index (χ2v) is 7.86. The van der Waals surface area contributed by atoms with Gasteiger partial charge in [-0.15, -0.1) is 13.2 Å². The maximum atomic E-state index is 14.3. The van der Waals surface area contributed by atoms with E-state index in [2.05, 4.69) is 30.4 Å². The normalized spacial score (nSPS) is 12.6. The highest BCUT2D eigenvalue weighted by Crippen LogP contribution is 2.28. The summed E-state index contributed by atoms with van der Waals surface area (Å²) in [5, 5.41) is 9.22. The van der Waals surface area contributed by atoms with Crippen molar-refractivity contribution in [3.63, 3.8) is 0 Å². The van der Waals surface area contributed by atoms with Gasteiger partial charge in [0.2, 0.25) is 11.8 Å². The van der Waals surface area contributed by atoms with Crippen molar-refractivity contribution in [1.29, 1.82) is 0 Å². The zero-order chi connectivity index (χ0) is 28.5. The number of halogens is 4. The Balaban J connectivity index is 1.65. The Morgan fingerprint density at radius 3 is 2.61 bits per heavy atom. The zero-order valence-electron chi connectivity index (χ0n) is 21.1. The van der Waals surface area contributed by atoms with Gasteiger partial charge >= 0.3 is 6.36 Å². The fourth-order valence-electron chi connectivity index (χ4n) is 3.48. The highest BCUT2D eigenvalue weighted by atomic mass is 19.4. The Bertz CT molecular complexity index is 1580. The number of carbonyl (C=O) groups excluding carboxylic acids is 2. The lowest BCUT2D eigenvalue weighted by Crippen LogP contribution is -2.24. The molecular formula is C24H20F4N6O4. The Labute approximate surface area is 214 Å². The number of ether oxygens (including phenoxy) is 2. The van der Waals surface area contributed by atoms with E-state index in [1.54, 1.807) is 19.1 Å². The summed E-state index contributed by atoms with van der Waals surface area (Å²) in [6, 6.07) is 6.79. The minimum atomic E-state index is -5.02. The third kappa shape index (κ3) is 5.96. The molecule has 1 atom stereocenters. The smallest absolute Gasteiger partial charge is 0.480 e. The molecule has 198 valence electrons. The lowest BCUT2D eigenvalue weighted by atomic mass is 10.1. The number of anilines is 1. The number of fused-ring (bicyclic) bond motifs is 1. The molecule has 2 amide bonds. The maximum Gasteiger partial charge on any atom is 0.573 e. The number of methoxy groups -OCH3 is 1. The molecule has 10 nitrogen and oxygen atoms in total. The number of aromatic nitrogens is 4. The molecule has 4 rings (SSSR count). The first kappa shape index (κ1) is 24.9. The van der Waals surface area contributed by atoms with Crippen molar-refractivity contribution in [2.45, 2.75) is 26.7 Å². The van der Waals surface area contributed by atoms with Gasteiger partial charge in [-0.05, 0) is 43.3 Å². The first-order valence-electron chi connectivity index (χ1n) is 11.4. The van der Waals surface area contributed by atoms with E-state index in [9.17, 15) is 27.2 Å². The summed E-state index contributed by atoms with van der Waals surface area (Å²) in [7, 11) is 1.27. The van der Waals surface area contributed by atoms with Crippen molar-refractivity contribution >= 4 is 23.3 Å². The molecule has 3 heterocycles. The number of rotatable bonds is 7. The molecule has 2 N–H and O–H groups in total. The van der Waals surface area contributed by atoms with Crippen LogP contribution >= 0.6 is 0 Å². The second kappa shape index (κ2) is 10.3. The Kier molecular flexibility index (Phi) is 6.77. The summed E-state index contributed by atoms with van der Waals surface area (Å²) in [4.78, 5) is 32.9. The molecule has 0 radical (unpaired) electrons. The number of benzene rings is 1. The average Bonchev–Trinajstić information content (AvgIpc) is 3.24. The molecule has 14 heteroatoms. The predicted molar refractivity (Wildman–Crippen MR) is 126 cm³/mol. The minimum Gasteiger partial charge on any atom is -0.480 e. The predicted octanol–water partition coefficient (Wildman–Crippen LogP) is 4.03. The highest BCUT2D eigenvalue weighted by Gasteiger charge is 2.31. The number of hydrogen-bond donors (Lipinski definition) is 2. The number of nitrogens with one attached hydrogen (secondary N) is 2. The van der Waals surface area contributed by atoms with E-state index in [1.165, 1.54) is 30.8 Å². The molecule has 1 unspecified atom stereocenters. The van der Waals surface area contributed by atoms with Crippen LogP contribution in [0.25, 0.3) is 16.9 Å². The van der Waals surface area contributed by atoms with E-state index in [1.807, 2.05) is 0 Å². The van der Waals surface area contributed by atoms with E-state index in [0.29, 0.717) is 34.7 Å². The average molecular weight is 533 g/mol. The molecule has 1 aromatic carbocycles. The lowest BCUT2D eigenvalue weighted by Gasteiger charge is -2.14. The number of imidazole rings is 1. The first-order valence-corrected chi connectivity index (χ1v) is 10.8. The number of nitrogens with zero attached hydrogens (tertiary/aromatic N) is 4. The van der Waals surface area contributed by atoms with Gasteiger partial charge in [0.15, 0.2) is 11.5 Å². The van der Waals surface area contributed by atoms with Crippen LogP contribution in [0, 0.1) is 12.7 Å². The molecule has 0 aliphatic carbocycles. The van der Waals surface area contributed by atoms with Gasteiger partial charge in [-0.1, -0.05) is 0 Å². The van der Waals surface area contributed by atoms with Gasteiger partial charge in [0, 0.05) is 24.6 Å². The summed E-state index contributed by atoms with van der Waals surface area (Å²) in [5.41, 5.74) is 0.974. The van der Waals surface area contributed by atoms with Crippen molar-refractivity contribution in [3.05, 3.63) is 65.2 Å². The van der Waals surface area contributed by atoms with Crippen LogP contribution in [0.4, 0.5) is 23.4 Å². The van der Waals surface area contributed by atoms with E-state index in [0.717, 1.165) is 6.07 Å². The fraction of sp³-hybridized carbons (Fsp3) is 0.208. The fourth-order valence-corrected chi connectivity index (χ4v) is 3.48. The van der Waals surface area contributed by atoms with Crippen LogP contribution in [-0.4, -0.2) is 44.9 Å². The number of alkyl halides is 3. The lowest BCUT2D eigenvalue weighted by molar-refractivity contribution is -0.274. The first-order chi connectivity index (χ1) is 18.3. The SMILES string of the molecule is [2H]C(NC(=O)c1cc(-c2ccc3nc(NC(C)=O)cn3n2)c(C)nc1OC)c1cc(OC(F)(F)F)ccc1F. The summed E-state index contributed by atoms with van der Waals surface area (Å²) >= 11 is 0. The van der Waals surface area contributed by atoms with Crippen molar-refractivity contribution in [3.8, 4) is 22.9 Å². The molecule has 4 aromatic rings. The number of aryl methyl sites for hydroxylation is 1. The van der Waals surface area contributed by atoms with Crippen LogP contribution in [0.3, 0.4) is 0 Å². The van der Waals surface area contributed by atoms with Crippen molar-refractivity contribution in [2.75, 3.05) is 12.4 Å². The quantitative estimate of drug-likeness (QED) is 0.344. The molecule has 0 saturated heterocycles. The third-order valence-corrected chi connectivity index (χ3v) is 5.08. The van der Waals surface area contributed by atoms with Gasteiger partial charge < -0.3 is 20.1 Å². The van der Waals surface area contributed by atoms with Crippen LogP contribution in [0.15, 0.2) is 42.6 Å². The van der Waals surface area contributed by atoms with Crippen LogP contribution in [0.2, 0.25) is 0 Å². The van der Waals surface area contributed by atoms with Crippen LogP contribution in [0.1, 0.15) is 29.9 Å². The molecule has 0 saturated carbocycles.